The monoisotopic (exact) mass is 260 g/mol. The van der Waals surface area contributed by atoms with Gasteiger partial charge < -0.3 is 10.6 Å². The summed E-state index contributed by atoms with van der Waals surface area (Å²) in [4.78, 5) is 12.2. The largest absolute Gasteiger partial charge is 0.348 e. The first-order chi connectivity index (χ1) is 9.06. The van der Waals surface area contributed by atoms with Crippen molar-refractivity contribution in [3.63, 3.8) is 0 Å². The molecule has 0 bridgehead atoms. The summed E-state index contributed by atoms with van der Waals surface area (Å²) in [5.41, 5.74) is 2.40. The van der Waals surface area contributed by atoms with Gasteiger partial charge in [0.25, 0.3) is 0 Å². The SMILES string of the molecule is Cc1ccc(C(C)NC(=O)C2CCCC(C)N2)cc1. The third-order valence-electron chi connectivity index (χ3n) is 3.87. The Hall–Kier alpha value is -1.35. The molecule has 19 heavy (non-hydrogen) atoms. The average molecular weight is 260 g/mol. The average Bonchev–Trinajstić information content (AvgIpc) is 2.39. The van der Waals surface area contributed by atoms with Gasteiger partial charge in [-0.1, -0.05) is 29.8 Å². The van der Waals surface area contributed by atoms with Crippen molar-refractivity contribution in [1.82, 2.24) is 10.6 Å². The van der Waals surface area contributed by atoms with Crippen molar-refractivity contribution in [2.24, 2.45) is 0 Å². The molecule has 2 rings (SSSR count). The molecule has 1 aromatic rings. The van der Waals surface area contributed by atoms with E-state index in [1.54, 1.807) is 0 Å². The van der Waals surface area contributed by atoms with Gasteiger partial charge in [0.2, 0.25) is 5.91 Å². The van der Waals surface area contributed by atoms with E-state index in [9.17, 15) is 4.79 Å². The second kappa shape index (κ2) is 6.20. The van der Waals surface area contributed by atoms with E-state index in [0.717, 1.165) is 24.8 Å². The molecule has 1 aromatic carbocycles. The van der Waals surface area contributed by atoms with E-state index in [1.807, 2.05) is 6.92 Å². The Morgan fingerprint density at radius 3 is 2.63 bits per heavy atom. The smallest absolute Gasteiger partial charge is 0.237 e. The van der Waals surface area contributed by atoms with Gasteiger partial charge in [-0.25, -0.2) is 0 Å². The highest BCUT2D eigenvalue weighted by Gasteiger charge is 2.25. The van der Waals surface area contributed by atoms with E-state index in [4.69, 9.17) is 0 Å². The van der Waals surface area contributed by atoms with Gasteiger partial charge in [0.1, 0.15) is 0 Å². The summed E-state index contributed by atoms with van der Waals surface area (Å²) < 4.78 is 0. The van der Waals surface area contributed by atoms with Crippen molar-refractivity contribution in [1.29, 1.82) is 0 Å². The van der Waals surface area contributed by atoms with Crippen LogP contribution in [-0.4, -0.2) is 18.0 Å². The maximum absolute atomic E-state index is 12.2. The fourth-order valence-electron chi connectivity index (χ4n) is 2.60. The van der Waals surface area contributed by atoms with Crippen LogP contribution in [0.1, 0.15) is 50.3 Å². The lowest BCUT2D eigenvalue weighted by atomic mass is 9.98. The second-order valence-electron chi connectivity index (χ2n) is 5.69. The predicted octanol–water partition coefficient (Wildman–Crippen LogP) is 2.70. The van der Waals surface area contributed by atoms with Crippen LogP contribution in [0.2, 0.25) is 0 Å². The van der Waals surface area contributed by atoms with E-state index < -0.39 is 0 Å². The standard InChI is InChI=1S/C16H24N2O/c1-11-7-9-14(10-8-11)13(3)18-16(19)15-6-4-5-12(2)17-15/h7-10,12-13,15,17H,4-6H2,1-3H3,(H,18,19). The molecular weight excluding hydrogens is 236 g/mol. The van der Waals surface area contributed by atoms with Crippen LogP contribution >= 0.6 is 0 Å². The van der Waals surface area contributed by atoms with Crippen LogP contribution in [0.3, 0.4) is 0 Å². The first-order valence-corrected chi connectivity index (χ1v) is 7.19. The minimum Gasteiger partial charge on any atom is -0.348 e. The molecule has 1 fully saturated rings. The number of benzene rings is 1. The molecule has 0 saturated carbocycles. The van der Waals surface area contributed by atoms with E-state index >= 15 is 0 Å². The zero-order valence-corrected chi connectivity index (χ0v) is 12.1. The predicted molar refractivity (Wildman–Crippen MR) is 78.0 cm³/mol. The summed E-state index contributed by atoms with van der Waals surface area (Å²) in [6.45, 7) is 6.25. The molecule has 3 atom stereocenters. The molecule has 1 aliphatic rings. The second-order valence-corrected chi connectivity index (χ2v) is 5.69. The van der Waals surface area contributed by atoms with Crippen LogP contribution in [0.15, 0.2) is 24.3 Å². The van der Waals surface area contributed by atoms with Gasteiger partial charge in [-0.2, -0.15) is 0 Å². The zero-order chi connectivity index (χ0) is 13.8. The number of amides is 1. The van der Waals surface area contributed by atoms with Gasteiger partial charge >= 0.3 is 0 Å². The Kier molecular flexibility index (Phi) is 4.59. The van der Waals surface area contributed by atoms with E-state index in [0.29, 0.717) is 6.04 Å². The zero-order valence-electron chi connectivity index (χ0n) is 12.1. The van der Waals surface area contributed by atoms with Crippen LogP contribution in [0.5, 0.6) is 0 Å². The third-order valence-corrected chi connectivity index (χ3v) is 3.87. The molecule has 104 valence electrons. The van der Waals surface area contributed by atoms with Crippen LogP contribution in [0.25, 0.3) is 0 Å². The fraction of sp³-hybridized carbons (Fsp3) is 0.562. The Bertz CT molecular complexity index is 427. The molecule has 0 spiro atoms. The van der Waals surface area contributed by atoms with Gasteiger partial charge in [-0.15, -0.1) is 0 Å². The van der Waals surface area contributed by atoms with E-state index in [1.165, 1.54) is 5.56 Å². The fourth-order valence-corrected chi connectivity index (χ4v) is 2.60. The number of piperidine rings is 1. The van der Waals surface area contributed by atoms with Crippen LogP contribution < -0.4 is 10.6 Å². The molecule has 1 amide bonds. The molecule has 0 aromatic heterocycles. The Morgan fingerprint density at radius 2 is 2.00 bits per heavy atom. The molecule has 3 heteroatoms. The maximum Gasteiger partial charge on any atom is 0.237 e. The number of hydrogen-bond acceptors (Lipinski definition) is 2. The van der Waals surface area contributed by atoms with Crippen LogP contribution in [-0.2, 0) is 4.79 Å². The minimum atomic E-state index is -0.0309. The van der Waals surface area contributed by atoms with Crippen molar-refractivity contribution < 1.29 is 4.79 Å². The van der Waals surface area contributed by atoms with Gasteiger partial charge in [0.15, 0.2) is 0 Å². The number of aryl methyl sites for hydroxylation is 1. The molecule has 3 nitrogen and oxygen atoms in total. The summed E-state index contributed by atoms with van der Waals surface area (Å²) in [7, 11) is 0. The van der Waals surface area contributed by atoms with Gasteiger partial charge in [-0.05, 0) is 45.6 Å². The molecule has 2 N–H and O–H groups in total. The minimum absolute atomic E-state index is 0.0309. The van der Waals surface area contributed by atoms with Crippen molar-refractivity contribution in [2.45, 2.75) is 58.2 Å². The van der Waals surface area contributed by atoms with Crippen molar-refractivity contribution in [2.75, 3.05) is 0 Å². The number of hydrogen-bond donors (Lipinski definition) is 2. The van der Waals surface area contributed by atoms with Crippen molar-refractivity contribution in [3.05, 3.63) is 35.4 Å². The number of carbonyl (C=O) groups is 1. The number of nitrogens with one attached hydrogen (secondary N) is 2. The van der Waals surface area contributed by atoms with Crippen LogP contribution in [0.4, 0.5) is 0 Å². The van der Waals surface area contributed by atoms with E-state index in [2.05, 4.69) is 48.7 Å². The molecule has 0 aliphatic carbocycles. The molecular formula is C16H24N2O. The third kappa shape index (κ3) is 3.80. The summed E-state index contributed by atoms with van der Waals surface area (Å²) >= 11 is 0. The normalized spacial score (nSPS) is 24.8. The highest BCUT2D eigenvalue weighted by molar-refractivity contribution is 5.82. The number of rotatable bonds is 3. The van der Waals surface area contributed by atoms with Crippen molar-refractivity contribution >= 4 is 5.91 Å². The lowest BCUT2D eigenvalue weighted by molar-refractivity contribution is -0.124. The Balaban J connectivity index is 1.92. The van der Waals surface area contributed by atoms with Crippen LogP contribution in [0, 0.1) is 6.92 Å². The molecule has 1 aliphatic heterocycles. The molecule has 3 unspecified atom stereocenters. The summed E-state index contributed by atoms with van der Waals surface area (Å²) in [5, 5.41) is 6.47. The van der Waals surface area contributed by atoms with Gasteiger partial charge in [0, 0.05) is 6.04 Å². The molecule has 1 saturated heterocycles. The highest BCUT2D eigenvalue weighted by atomic mass is 16.2. The summed E-state index contributed by atoms with van der Waals surface area (Å²) in [6, 6.07) is 8.80. The quantitative estimate of drug-likeness (QED) is 0.877. The first-order valence-electron chi connectivity index (χ1n) is 7.19. The lowest BCUT2D eigenvalue weighted by Gasteiger charge is -2.29. The number of carbonyl (C=O) groups excluding carboxylic acids is 1. The van der Waals surface area contributed by atoms with Crippen molar-refractivity contribution in [3.8, 4) is 0 Å². The van der Waals surface area contributed by atoms with Gasteiger partial charge in [0.05, 0.1) is 12.1 Å². The molecule has 1 heterocycles. The summed E-state index contributed by atoms with van der Waals surface area (Å²) in [5.74, 6) is 0.125. The summed E-state index contributed by atoms with van der Waals surface area (Å²) in [6.07, 6.45) is 3.24. The van der Waals surface area contributed by atoms with E-state index in [-0.39, 0.29) is 18.0 Å². The lowest BCUT2D eigenvalue weighted by Crippen LogP contribution is -2.50. The highest BCUT2D eigenvalue weighted by Crippen LogP contribution is 2.16. The maximum atomic E-state index is 12.2. The topological polar surface area (TPSA) is 41.1 Å². The molecule has 0 radical (unpaired) electrons. The Labute approximate surface area is 115 Å². The van der Waals surface area contributed by atoms with Gasteiger partial charge in [-0.3, -0.25) is 4.79 Å². The first kappa shape index (κ1) is 14.1. The Morgan fingerprint density at radius 1 is 1.32 bits per heavy atom.